The molecule has 0 spiro atoms. The first kappa shape index (κ1) is 22.3. The molecule has 3 aromatic rings. The number of carbonyl (C=O) groups is 1. The summed E-state index contributed by atoms with van der Waals surface area (Å²) in [5.41, 5.74) is -0.313. The molecule has 1 amide bonds. The molecule has 31 heavy (non-hydrogen) atoms. The van der Waals surface area contributed by atoms with E-state index in [0.29, 0.717) is 12.5 Å². The van der Waals surface area contributed by atoms with E-state index in [4.69, 9.17) is 0 Å². The highest BCUT2D eigenvalue weighted by molar-refractivity contribution is 7.92. The lowest BCUT2D eigenvalue weighted by molar-refractivity contribution is -0.137. The summed E-state index contributed by atoms with van der Waals surface area (Å²) in [5, 5.41) is 2.68. The van der Waals surface area contributed by atoms with Crippen molar-refractivity contribution in [1.82, 2.24) is 10.3 Å². The normalized spacial score (nSPS) is 11.7. The summed E-state index contributed by atoms with van der Waals surface area (Å²) in [6, 6.07) is 14.6. The molecule has 0 aliphatic rings. The number of nitrogens with zero attached hydrogens (tertiary/aromatic N) is 1. The zero-order chi connectivity index (χ0) is 22.5. The molecule has 2 aromatic carbocycles. The van der Waals surface area contributed by atoms with Crippen molar-refractivity contribution in [3.63, 3.8) is 0 Å². The van der Waals surface area contributed by atoms with Crippen LogP contribution in [0.2, 0.25) is 0 Å². The van der Waals surface area contributed by atoms with Gasteiger partial charge in [-0.25, -0.2) is 8.42 Å². The Hall–Kier alpha value is -3.40. The highest BCUT2D eigenvalue weighted by Crippen LogP contribution is 2.31. The molecule has 162 valence electrons. The molecule has 3 rings (SSSR count). The van der Waals surface area contributed by atoms with Gasteiger partial charge in [0, 0.05) is 24.9 Å². The van der Waals surface area contributed by atoms with Crippen molar-refractivity contribution in [3.05, 3.63) is 89.7 Å². The third-order valence-corrected chi connectivity index (χ3v) is 5.64. The van der Waals surface area contributed by atoms with Gasteiger partial charge in [-0.1, -0.05) is 24.3 Å². The molecule has 0 fully saturated rings. The fourth-order valence-corrected chi connectivity index (χ4v) is 3.88. The Morgan fingerprint density at radius 1 is 0.968 bits per heavy atom. The van der Waals surface area contributed by atoms with Gasteiger partial charge in [0.25, 0.3) is 15.9 Å². The van der Waals surface area contributed by atoms with Gasteiger partial charge in [0.1, 0.15) is 0 Å². The highest BCUT2D eigenvalue weighted by Gasteiger charge is 2.31. The smallest absolute Gasteiger partial charge is 0.352 e. The van der Waals surface area contributed by atoms with Gasteiger partial charge >= 0.3 is 6.18 Å². The van der Waals surface area contributed by atoms with Gasteiger partial charge in [-0.2, -0.15) is 13.2 Å². The molecule has 0 aliphatic carbocycles. The molecule has 0 saturated heterocycles. The highest BCUT2D eigenvalue weighted by atomic mass is 32.2. The van der Waals surface area contributed by atoms with Crippen LogP contribution >= 0.6 is 0 Å². The molecular formula is C21H18F3N3O3S. The van der Waals surface area contributed by atoms with Crippen LogP contribution in [0.1, 0.15) is 21.6 Å². The number of nitrogens with one attached hydrogen (secondary N) is 2. The number of benzene rings is 2. The number of anilines is 1. The maximum absolute atomic E-state index is 12.9. The molecular weight excluding hydrogens is 431 g/mol. The van der Waals surface area contributed by atoms with Crippen LogP contribution < -0.4 is 10.0 Å². The Kier molecular flexibility index (Phi) is 6.59. The number of halogens is 3. The van der Waals surface area contributed by atoms with Crippen LogP contribution in [-0.2, 0) is 22.6 Å². The topological polar surface area (TPSA) is 88.2 Å². The number of para-hydroxylation sites is 1. The van der Waals surface area contributed by atoms with Gasteiger partial charge < -0.3 is 5.32 Å². The summed E-state index contributed by atoms with van der Waals surface area (Å²) in [4.78, 5) is 16.1. The van der Waals surface area contributed by atoms with E-state index >= 15 is 0 Å². The van der Waals surface area contributed by atoms with Crippen LogP contribution in [0.5, 0.6) is 0 Å². The summed E-state index contributed by atoms with van der Waals surface area (Å²) in [5.74, 6) is -0.529. The van der Waals surface area contributed by atoms with Crippen molar-refractivity contribution in [1.29, 1.82) is 0 Å². The van der Waals surface area contributed by atoms with Gasteiger partial charge in [0.2, 0.25) is 0 Å². The maximum Gasteiger partial charge on any atom is 0.416 e. The Bertz CT molecular complexity index is 1170. The molecule has 1 heterocycles. The van der Waals surface area contributed by atoms with E-state index in [9.17, 15) is 26.4 Å². The molecule has 6 nitrogen and oxygen atoms in total. The van der Waals surface area contributed by atoms with E-state index < -0.39 is 32.6 Å². The zero-order valence-electron chi connectivity index (χ0n) is 16.1. The second-order valence-corrected chi connectivity index (χ2v) is 8.19. The second kappa shape index (κ2) is 9.17. The summed E-state index contributed by atoms with van der Waals surface area (Å²) in [6.45, 7) is 0.268. The SMILES string of the molecule is O=C(NCCc1ccccn1)c1ccccc1NS(=O)(=O)c1cccc(C(F)(F)F)c1. The first-order valence-corrected chi connectivity index (χ1v) is 10.6. The minimum Gasteiger partial charge on any atom is -0.352 e. The van der Waals surface area contributed by atoms with E-state index in [1.165, 1.54) is 18.2 Å². The number of aromatic nitrogens is 1. The lowest BCUT2D eigenvalue weighted by Gasteiger charge is -2.14. The number of carbonyl (C=O) groups excluding carboxylic acids is 1. The van der Waals surface area contributed by atoms with E-state index in [1.54, 1.807) is 18.3 Å². The zero-order valence-corrected chi connectivity index (χ0v) is 16.9. The fourth-order valence-electron chi connectivity index (χ4n) is 2.76. The fraction of sp³-hybridized carbons (Fsp3) is 0.143. The monoisotopic (exact) mass is 449 g/mol. The first-order chi connectivity index (χ1) is 14.7. The number of hydrogen-bond donors (Lipinski definition) is 2. The predicted octanol–water partition coefficient (Wildman–Crippen LogP) is 3.87. The summed E-state index contributed by atoms with van der Waals surface area (Å²) in [6.07, 6.45) is -2.57. The van der Waals surface area contributed by atoms with Crippen molar-refractivity contribution in [2.45, 2.75) is 17.5 Å². The maximum atomic E-state index is 12.9. The predicted molar refractivity (Wildman–Crippen MR) is 109 cm³/mol. The minimum atomic E-state index is -4.68. The van der Waals surface area contributed by atoms with Gasteiger partial charge in [0.05, 0.1) is 21.7 Å². The van der Waals surface area contributed by atoms with E-state index in [0.717, 1.165) is 23.9 Å². The van der Waals surface area contributed by atoms with Crippen molar-refractivity contribution in [3.8, 4) is 0 Å². The Morgan fingerprint density at radius 2 is 1.71 bits per heavy atom. The average molecular weight is 449 g/mol. The Morgan fingerprint density at radius 3 is 2.42 bits per heavy atom. The summed E-state index contributed by atoms with van der Waals surface area (Å²) < 4.78 is 66.2. The van der Waals surface area contributed by atoms with Crippen molar-refractivity contribution >= 4 is 21.6 Å². The van der Waals surface area contributed by atoms with Crippen LogP contribution in [0.3, 0.4) is 0 Å². The Labute approximate surface area is 177 Å². The number of amides is 1. The number of rotatable bonds is 7. The molecule has 0 atom stereocenters. The van der Waals surface area contributed by atoms with Crippen molar-refractivity contribution in [2.24, 2.45) is 0 Å². The molecule has 0 bridgehead atoms. The van der Waals surface area contributed by atoms with Gasteiger partial charge in [0.15, 0.2) is 0 Å². The van der Waals surface area contributed by atoms with Crippen LogP contribution in [-0.4, -0.2) is 25.9 Å². The van der Waals surface area contributed by atoms with Crippen LogP contribution in [0.4, 0.5) is 18.9 Å². The lowest BCUT2D eigenvalue weighted by atomic mass is 10.1. The van der Waals surface area contributed by atoms with E-state index in [1.807, 2.05) is 12.1 Å². The molecule has 0 saturated carbocycles. The van der Waals surface area contributed by atoms with E-state index in [-0.39, 0.29) is 17.8 Å². The van der Waals surface area contributed by atoms with E-state index in [2.05, 4.69) is 15.0 Å². The minimum absolute atomic E-state index is 0.0408. The van der Waals surface area contributed by atoms with Crippen LogP contribution in [0, 0.1) is 0 Å². The number of pyridine rings is 1. The average Bonchev–Trinajstić information content (AvgIpc) is 2.74. The van der Waals surface area contributed by atoms with Gasteiger partial charge in [-0.05, 0) is 42.5 Å². The molecule has 0 aliphatic heterocycles. The van der Waals surface area contributed by atoms with Gasteiger partial charge in [-0.3, -0.25) is 14.5 Å². The first-order valence-electron chi connectivity index (χ1n) is 9.14. The molecule has 0 unspecified atom stereocenters. The number of sulfonamides is 1. The van der Waals surface area contributed by atoms with Crippen LogP contribution in [0.15, 0.2) is 77.8 Å². The molecule has 2 N–H and O–H groups in total. The van der Waals surface area contributed by atoms with Gasteiger partial charge in [-0.15, -0.1) is 0 Å². The second-order valence-electron chi connectivity index (χ2n) is 6.50. The molecule has 10 heteroatoms. The van der Waals surface area contributed by atoms with Crippen molar-refractivity contribution in [2.75, 3.05) is 11.3 Å². The third kappa shape index (κ3) is 5.82. The number of hydrogen-bond acceptors (Lipinski definition) is 4. The van der Waals surface area contributed by atoms with Crippen LogP contribution in [0.25, 0.3) is 0 Å². The standard InChI is InChI=1S/C21H18F3N3O3S/c22-21(23,24)15-6-5-8-17(14-15)31(29,30)27-19-10-2-1-9-18(19)20(28)26-13-11-16-7-3-4-12-25-16/h1-10,12,14,27H,11,13H2,(H,26,28). The lowest BCUT2D eigenvalue weighted by Crippen LogP contribution is -2.27. The molecule has 0 radical (unpaired) electrons. The summed E-state index contributed by atoms with van der Waals surface area (Å²) >= 11 is 0. The number of alkyl halides is 3. The Balaban J connectivity index is 1.76. The third-order valence-electron chi connectivity index (χ3n) is 4.28. The summed E-state index contributed by atoms with van der Waals surface area (Å²) in [7, 11) is -4.36. The quantitative estimate of drug-likeness (QED) is 0.573. The molecule has 1 aromatic heterocycles. The van der Waals surface area contributed by atoms with Crippen molar-refractivity contribution < 1.29 is 26.4 Å². The largest absolute Gasteiger partial charge is 0.416 e.